The van der Waals surface area contributed by atoms with Gasteiger partial charge in [-0.25, -0.2) is 4.79 Å². The SMILES string of the molecule is Cc1cc(N2CCC(N3CCCC3C)C2)ccc1CC(=O)C1CCOCC1.O=C(O)C(F)(F)F. The first kappa shape index (κ1) is 26.5. The van der Waals surface area contributed by atoms with Crippen LogP contribution in [0.25, 0.3) is 0 Å². The topological polar surface area (TPSA) is 70.1 Å². The second-order valence-electron chi connectivity index (χ2n) is 9.56. The number of anilines is 1. The Hall–Kier alpha value is -2.13. The highest BCUT2D eigenvalue weighted by molar-refractivity contribution is 5.83. The summed E-state index contributed by atoms with van der Waals surface area (Å²) in [7, 11) is 0. The Morgan fingerprint density at radius 2 is 1.79 bits per heavy atom. The van der Waals surface area contributed by atoms with E-state index in [0.717, 1.165) is 45.2 Å². The molecule has 190 valence electrons. The molecule has 0 saturated carbocycles. The first-order valence-corrected chi connectivity index (χ1v) is 12.1. The number of hydrogen-bond acceptors (Lipinski definition) is 5. The van der Waals surface area contributed by atoms with Gasteiger partial charge < -0.3 is 14.7 Å². The highest BCUT2D eigenvalue weighted by atomic mass is 19.4. The van der Waals surface area contributed by atoms with Crippen LogP contribution in [0, 0.1) is 12.8 Å². The van der Waals surface area contributed by atoms with Crippen LogP contribution in [0.3, 0.4) is 0 Å². The molecule has 3 fully saturated rings. The van der Waals surface area contributed by atoms with Gasteiger partial charge in [-0.05, 0) is 75.8 Å². The van der Waals surface area contributed by atoms with E-state index in [-0.39, 0.29) is 5.92 Å². The highest BCUT2D eigenvalue weighted by Crippen LogP contribution is 2.29. The van der Waals surface area contributed by atoms with Crippen molar-refractivity contribution in [3.05, 3.63) is 29.3 Å². The van der Waals surface area contributed by atoms with Gasteiger partial charge in [0.1, 0.15) is 5.78 Å². The number of rotatable bonds is 5. The van der Waals surface area contributed by atoms with Gasteiger partial charge >= 0.3 is 12.1 Å². The molecular weight excluding hydrogens is 449 g/mol. The quantitative estimate of drug-likeness (QED) is 0.675. The lowest BCUT2D eigenvalue weighted by Crippen LogP contribution is -2.39. The Morgan fingerprint density at radius 1 is 1.12 bits per heavy atom. The van der Waals surface area contributed by atoms with Crippen molar-refractivity contribution in [2.24, 2.45) is 5.92 Å². The van der Waals surface area contributed by atoms with E-state index in [4.69, 9.17) is 14.6 Å². The number of ether oxygens (including phenoxy) is 1. The number of likely N-dealkylation sites (tertiary alicyclic amines) is 1. The lowest BCUT2D eigenvalue weighted by Gasteiger charge is -2.28. The van der Waals surface area contributed by atoms with Gasteiger partial charge in [0.05, 0.1) is 0 Å². The van der Waals surface area contributed by atoms with Crippen molar-refractivity contribution in [2.45, 2.75) is 70.6 Å². The zero-order chi connectivity index (χ0) is 24.9. The number of carboxylic acid groups (broad SMARTS) is 1. The zero-order valence-corrected chi connectivity index (χ0v) is 19.9. The summed E-state index contributed by atoms with van der Waals surface area (Å²) in [5.74, 6) is -2.18. The van der Waals surface area contributed by atoms with Crippen molar-refractivity contribution in [3.63, 3.8) is 0 Å². The number of carbonyl (C=O) groups is 2. The number of nitrogens with zero attached hydrogens (tertiary/aromatic N) is 2. The number of ketones is 1. The van der Waals surface area contributed by atoms with Crippen LogP contribution < -0.4 is 4.90 Å². The standard InChI is InChI=1S/C23H34N2O2.C2HF3O2/c1-17-14-21(24-11-7-22(16-24)25-10-3-4-18(25)2)6-5-20(17)15-23(26)19-8-12-27-13-9-19;3-2(4,5)1(6)7/h5-6,14,18-19,22H,3-4,7-13,15-16H2,1-2H3;(H,6,7). The normalized spacial score (nSPS) is 24.1. The van der Waals surface area contributed by atoms with Crippen LogP contribution in [0.15, 0.2) is 18.2 Å². The Labute approximate surface area is 199 Å². The highest BCUT2D eigenvalue weighted by Gasteiger charge is 2.38. The molecule has 2 unspecified atom stereocenters. The van der Waals surface area contributed by atoms with Crippen LogP contribution in [0.5, 0.6) is 0 Å². The maximum Gasteiger partial charge on any atom is 0.490 e. The Bertz CT molecular complexity index is 855. The molecule has 4 rings (SSSR count). The number of halogens is 3. The van der Waals surface area contributed by atoms with Gasteiger partial charge in [-0.15, -0.1) is 0 Å². The minimum Gasteiger partial charge on any atom is -0.475 e. The second kappa shape index (κ2) is 11.5. The molecule has 9 heteroatoms. The average molecular weight is 485 g/mol. The number of benzene rings is 1. The van der Waals surface area contributed by atoms with E-state index in [0.29, 0.717) is 18.2 Å². The molecule has 0 radical (unpaired) electrons. The molecule has 1 N–H and O–H groups in total. The first-order valence-electron chi connectivity index (χ1n) is 12.1. The molecule has 3 aliphatic heterocycles. The summed E-state index contributed by atoms with van der Waals surface area (Å²) in [4.78, 5) is 26.8. The molecule has 34 heavy (non-hydrogen) atoms. The molecule has 0 aromatic heterocycles. The molecule has 1 aromatic rings. The Kier molecular flexibility index (Phi) is 8.98. The van der Waals surface area contributed by atoms with E-state index in [1.807, 2.05) is 0 Å². The van der Waals surface area contributed by atoms with Crippen LogP contribution in [-0.2, 0) is 20.7 Å². The largest absolute Gasteiger partial charge is 0.490 e. The van der Waals surface area contributed by atoms with Crippen LogP contribution >= 0.6 is 0 Å². The predicted octanol–water partition coefficient (Wildman–Crippen LogP) is 4.23. The van der Waals surface area contributed by atoms with E-state index in [2.05, 4.69) is 41.8 Å². The molecule has 0 aliphatic carbocycles. The summed E-state index contributed by atoms with van der Waals surface area (Å²) in [6.07, 6.45) is 1.25. The van der Waals surface area contributed by atoms with Crippen molar-refractivity contribution in [3.8, 4) is 0 Å². The van der Waals surface area contributed by atoms with Gasteiger partial charge in [0, 0.05) is 56.4 Å². The predicted molar refractivity (Wildman–Crippen MR) is 123 cm³/mol. The number of Topliss-reactive ketones (excluding diaryl/α,β-unsaturated/α-hetero) is 1. The van der Waals surface area contributed by atoms with Crippen LogP contribution in [-0.4, -0.2) is 72.9 Å². The van der Waals surface area contributed by atoms with Crippen molar-refractivity contribution in [1.29, 1.82) is 0 Å². The third-order valence-electron chi connectivity index (χ3n) is 7.21. The van der Waals surface area contributed by atoms with Crippen LogP contribution in [0.1, 0.15) is 50.2 Å². The molecule has 2 atom stereocenters. The number of carbonyl (C=O) groups excluding carboxylic acids is 1. The van der Waals surface area contributed by atoms with Gasteiger partial charge in [0.25, 0.3) is 0 Å². The monoisotopic (exact) mass is 484 g/mol. The molecule has 0 bridgehead atoms. The number of aliphatic carboxylic acids is 1. The van der Waals surface area contributed by atoms with Crippen molar-refractivity contribution in [1.82, 2.24) is 4.90 Å². The summed E-state index contributed by atoms with van der Waals surface area (Å²) in [6.45, 7) is 9.57. The Balaban J connectivity index is 0.000000406. The molecule has 1 aromatic carbocycles. The van der Waals surface area contributed by atoms with E-state index >= 15 is 0 Å². The van der Waals surface area contributed by atoms with Gasteiger partial charge in [0.15, 0.2) is 0 Å². The van der Waals surface area contributed by atoms with E-state index in [1.54, 1.807) is 0 Å². The maximum absolute atomic E-state index is 12.6. The van der Waals surface area contributed by atoms with Crippen LogP contribution in [0.2, 0.25) is 0 Å². The molecular formula is C25H35F3N2O4. The molecule has 3 aliphatic rings. The fourth-order valence-corrected chi connectivity index (χ4v) is 5.17. The summed E-state index contributed by atoms with van der Waals surface area (Å²) in [6, 6.07) is 8.17. The van der Waals surface area contributed by atoms with Gasteiger partial charge in [-0.2, -0.15) is 13.2 Å². The van der Waals surface area contributed by atoms with Crippen molar-refractivity contribution in [2.75, 3.05) is 37.7 Å². The average Bonchev–Trinajstić information content (AvgIpc) is 3.44. The van der Waals surface area contributed by atoms with E-state index in [9.17, 15) is 18.0 Å². The lowest BCUT2D eigenvalue weighted by atomic mass is 9.90. The molecule has 0 spiro atoms. The van der Waals surface area contributed by atoms with Crippen molar-refractivity contribution < 1.29 is 32.6 Å². The second-order valence-corrected chi connectivity index (χ2v) is 9.56. The summed E-state index contributed by atoms with van der Waals surface area (Å²) < 4.78 is 37.1. The van der Waals surface area contributed by atoms with Gasteiger partial charge in [-0.3, -0.25) is 9.69 Å². The first-order chi connectivity index (χ1) is 16.1. The zero-order valence-electron chi connectivity index (χ0n) is 19.9. The summed E-state index contributed by atoms with van der Waals surface area (Å²) in [5.41, 5.74) is 3.77. The number of aryl methyl sites for hydroxylation is 1. The van der Waals surface area contributed by atoms with Gasteiger partial charge in [0.2, 0.25) is 0 Å². The minimum absolute atomic E-state index is 0.194. The summed E-state index contributed by atoms with van der Waals surface area (Å²) >= 11 is 0. The lowest BCUT2D eigenvalue weighted by molar-refractivity contribution is -0.192. The van der Waals surface area contributed by atoms with E-state index < -0.39 is 12.1 Å². The number of alkyl halides is 3. The summed E-state index contributed by atoms with van der Waals surface area (Å²) in [5, 5.41) is 7.12. The van der Waals surface area contributed by atoms with Crippen molar-refractivity contribution >= 4 is 17.4 Å². The molecule has 0 amide bonds. The Morgan fingerprint density at radius 3 is 2.35 bits per heavy atom. The fraction of sp³-hybridized carbons (Fsp3) is 0.680. The number of hydrogen-bond donors (Lipinski definition) is 1. The fourth-order valence-electron chi connectivity index (χ4n) is 5.17. The third-order valence-corrected chi connectivity index (χ3v) is 7.21. The maximum atomic E-state index is 12.6. The molecule has 3 heterocycles. The minimum atomic E-state index is -5.08. The number of carboxylic acids is 1. The van der Waals surface area contributed by atoms with Crippen LogP contribution in [0.4, 0.5) is 18.9 Å². The third kappa shape index (κ3) is 6.95. The smallest absolute Gasteiger partial charge is 0.475 e. The molecule has 3 saturated heterocycles. The molecule has 6 nitrogen and oxygen atoms in total. The van der Waals surface area contributed by atoms with E-state index in [1.165, 1.54) is 42.6 Å². The van der Waals surface area contributed by atoms with Gasteiger partial charge in [-0.1, -0.05) is 6.07 Å².